The van der Waals surface area contributed by atoms with Crippen molar-refractivity contribution in [3.8, 4) is 5.75 Å². The van der Waals surface area contributed by atoms with E-state index in [0.717, 1.165) is 0 Å². The SMILES string of the molecule is CS(=O)(=O)N1CC[C@H](Oc2ccccc2)[C@@H](O)CC1. The van der Waals surface area contributed by atoms with Crippen LogP contribution in [0.5, 0.6) is 5.75 Å². The fourth-order valence-corrected chi connectivity index (χ4v) is 3.05. The number of aliphatic hydroxyl groups is 1. The van der Waals surface area contributed by atoms with Crippen LogP contribution in [0, 0.1) is 0 Å². The zero-order valence-corrected chi connectivity index (χ0v) is 11.7. The van der Waals surface area contributed by atoms with E-state index >= 15 is 0 Å². The average molecular weight is 285 g/mol. The molecule has 5 nitrogen and oxygen atoms in total. The fraction of sp³-hybridized carbons (Fsp3) is 0.538. The number of aliphatic hydroxyl groups excluding tert-OH is 1. The molecule has 6 heteroatoms. The second-order valence-corrected chi connectivity index (χ2v) is 6.76. The molecular weight excluding hydrogens is 266 g/mol. The van der Waals surface area contributed by atoms with Gasteiger partial charge in [0.15, 0.2) is 0 Å². The van der Waals surface area contributed by atoms with Crippen LogP contribution >= 0.6 is 0 Å². The van der Waals surface area contributed by atoms with Crippen LogP contribution in [0.1, 0.15) is 12.8 Å². The van der Waals surface area contributed by atoms with Crippen molar-refractivity contribution in [2.45, 2.75) is 25.0 Å². The molecule has 1 aromatic carbocycles. The molecule has 1 fully saturated rings. The molecule has 1 heterocycles. The number of rotatable bonds is 3. The van der Waals surface area contributed by atoms with E-state index in [2.05, 4.69) is 0 Å². The molecule has 0 aliphatic carbocycles. The van der Waals surface area contributed by atoms with Crippen molar-refractivity contribution < 1.29 is 18.3 Å². The van der Waals surface area contributed by atoms with Gasteiger partial charge in [0.25, 0.3) is 0 Å². The Morgan fingerprint density at radius 1 is 1.21 bits per heavy atom. The Kier molecular flexibility index (Phi) is 4.44. The Morgan fingerprint density at radius 2 is 1.84 bits per heavy atom. The molecule has 106 valence electrons. The quantitative estimate of drug-likeness (QED) is 0.894. The highest BCUT2D eigenvalue weighted by Gasteiger charge is 2.29. The maximum absolute atomic E-state index is 11.5. The molecule has 0 bridgehead atoms. The lowest BCUT2D eigenvalue weighted by Gasteiger charge is -2.21. The van der Waals surface area contributed by atoms with Gasteiger partial charge in [-0.25, -0.2) is 12.7 Å². The largest absolute Gasteiger partial charge is 0.488 e. The summed E-state index contributed by atoms with van der Waals surface area (Å²) in [5, 5.41) is 10.0. The maximum Gasteiger partial charge on any atom is 0.211 e. The van der Waals surface area contributed by atoms with Crippen molar-refractivity contribution in [2.24, 2.45) is 0 Å². The lowest BCUT2D eigenvalue weighted by molar-refractivity contribution is 0.0350. The Balaban J connectivity index is 2.03. The Hall–Kier alpha value is -1.11. The highest BCUT2D eigenvalue weighted by atomic mass is 32.2. The Morgan fingerprint density at radius 3 is 2.47 bits per heavy atom. The normalized spacial score (nSPS) is 25.8. The van der Waals surface area contributed by atoms with Crippen LogP contribution in [0.3, 0.4) is 0 Å². The number of benzene rings is 1. The van der Waals surface area contributed by atoms with E-state index in [4.69, 9.17) is 4.74 Å². The molecule has 1 saturated heterocycles. The number of ether oxygens (including phenoxy) is 1. The second kappa shape index (κ2) is 5.90. The second-order valence-electron chi connectivity index (χ2n) is 4.78. The molecule has 1 aliphatic heterocycles. The summed E-state index contributed by atoms with van der Waals surface area (Å²) in [6.07, 6.45) is 1.06. The highest BCUT2D eigenvalue weighted by molar-refractivity contribution is 7.88. The average Bonchev–Trinajstić information content (AvgIpc) is 2.53. The lowest BCUT2D eigenvalue weighted by Crippen LogP contribution is -2.32. The zero-order chi connectivity index (χ0) is 13.9. The summed E-state index contributed by atoms with van der Waals surface area (Å²) in [4.78, 5) is 0. The van der Waals surface area contributed by atoms with Gasteiger partial charge in [-0.15, -0.1) is 0 Å². The smallest absolute Gasteiger partial charge is 0.211 e. The molecule has 0 saturated carbocycles. The van der Waals surface area contributed by atoms with Crippen LogP contribution in [-0.4, -0.2) is 49.4 Å². The van der Waals surface area contributed by atoms with Gasteiger partial charge in [0, 0.05) is 19.5 Å². The molecular formula is C13H19NO4S. The predicted molar refractivity (Wildman–Crippen MR) is 72.5 cm³/mol. The van der Waals surface area contributed by atoms with Crippen molar-refractivity contribution >= 4 is 10.0 Å². The summed E-state index contributed by atoms with van der Waals surface area (Å²) in [5.41, 5.74) is 0. The molecule has 0 aromatic heterocycles. The van der Waals surface area contributed by atoms with Crippen LogP contribution in [0.15, 0.2) is 30.3 Å². The number of nitrogens with zero attached hydrogens (tertiary/aromatic N) is 1. The van der Waals surface area contributed by atoms with Crippen molar-refractivity contribution in [2.75, 3.05) is 19.3 Å². The van der Waals surface area contributed by atoms with Crippen LogP contribution in [0.25, 0.3) is 0 Å². The van der Waals surface area contributed by atoms with Crippen molar-refractivity contribution in [3.05, 3.63) is 30.3 Å². The molecule has 0 unspecified atom stereocenters. The Bertz CT molecular complexity index is 503. The van der Waals surface area contributed by atoms with E-state index in [0.29, 0.717) is 31.7 Å². The minimum Gasteiger partial charge on any atom is -0.488 e. The van der Waals surface area contributed by atoms with E-state index in [9.17, 15) is 13.5 Å². The van der Waals surface area contributed by atoms with E-state index in [1.165, 1.54) is 10.6 Å². The summed E-state index contributed by atoms with van der Waals surface area (Å²) in [6.45, 7) is 0.724. The third-order valence-electron chi connectivity index (χ3n) is 3.27. The summed E-state index contributed by atoms with van der Waals surface area (Å²) in [6, 6.07) is 9.27. The van der Waals surface area contributed by atoms with E-state index in [1.54, 1.807) is 0 Å². The van der Waals surface area contributed by atoms with Gasteiger partial charge in [0.05, 0.1) is 12.4 Å². The van der Waals surface area contributed by atoms with E-state index in [1.807, 2.05) is 30.3 Å². The van der Waals surface area contributed by atoms with Gasteiger partial charge in [0.2, 0.25) is 10.0 Å². The molecule has 2 atom stereocenters. The molecule has 2 rings (SSSR count). The summed E-state index contributed by atoms with van der Waals surface area (Å²) in [7, 11) is -3.20. The minimum atomic E-state index is -3.20. The molecule has 0 amide bonds. The van der Waals surface area contributed by atoms with Crippen LogP contribution in [0.4, 0.5) is 0 Å². The van der Waals surface area contributed by atoms with Gasteiger partial charge in [-0.05, 0) is 18.6 Å². The third-order valence-corrected chi connectivity index (χ3v) is 4.57. The molecule has 19 heavy (non-hydrogen) atoms. The number of hydrogen-bond acceptors (Lipinski definition) is 4. The molecule has 0 radical (unpaired) electrons. The monoisotopic (exact) mass is 285 g/mol. The zero-order valence-electron chi connectivity index (χ0n) is 10.9. The fourth-order valence-electron chi connectivity index (χ4n) is 2.18. The molecule has 1 aromatic rings. The summed E-state index contributed by atoms with van der Waals surface area (Å²) >= 11 is 0. The number of hydrogen-bond donors (Lipinski definition) is 1. The molecule has 1 aliphatic rings. The Labute approximate surface area is 113 Å². The van der Waals surface area contributed by atoms with Gasteiger partial charge in [-0.2, -0.15) is 0 Å². The summed E-state index contributed by atoms with van der Waals surface area (Å²) in [5.74, 6) is 0.694. The van der Waals surface area contributed by atoms with Crippen LogP contribution in [-0.2, 0) is 10.0 Å². The maximum atomic E-state index is 11.5. The van der Waals surface area contributed by atoms with Crippen molar-refractivity contribution in [3.63, 3.8) is 0 Å². The minimum absolute atomic E-state index is 0.342. The lowest BCUT2D eigenvalue weighted by atomic mass is 10.1. The standard InChI is InChI=1S/C13H19NO4S/c1-19(16,17)14-9-7-12(15)13(8-10-14)18-11-5-3-2-4-6-11/h2-6,12-13,15H,7-10H2,1H3/t12-,13-/m0/s1. The van der Waals surface area contributed by atoms with E-state index in [-0.39, 0.29) is 6.10 Å². The van der Waals surface area contributed by atoms with Gasteiger partial charge in [-0.1, -0.05) is 18.2 Å². The van der Waals surface area contributed by atoms with Crippen LogP contribution < -0.4 is 4.74 Å². The van der Waals surface area contributed by atoms with Gasteiger partial charge in [0.1, 0.15) is 11.9 Å². The van der Waals surface area contributed by atoms with Crippen molar-refractivity contribution in [1.82, 2.24) is 4.31 Å². The first-order valence-electron chi connectivity index (χ1n) is 6.32. The van der Waals surface area contributed by atoms with Gasteiger partial charge >= 0.3 is 0 Å². The first-order chi connectivity index (χ1) is 8.97. The number of sulfonamides is 1. The summed E-state index contributed by atoms with van der Waals surface area (Å²) < 4.78 is 30.2. The van der Waals surface area contributed by atoms with Gasteiger partial charge in [-0.3, -0.25) is 0 Å². The topological polar surface area (TPSA) is 66.8 Å². The van der Waals surface area contributed by atoms with Crippen molar-refractivity contribution in [1.29, 1.82) is 0 Å². The van der Waals surface area contributed by atoms with Gasteiger partial charge < -0.3 is 9.84 Å². The van der Waals surface area contributed by atoms with Crippen LogP contribution in [0.2, 0.25) is 0 Å². The molecule has 0 spiro atoms. The number of para-hydroxylation sites is 1. The first-order valence-corrected chi connectivity index (χ1v) is 8.16. The molecule has 1 N–H and O–H groups in total. The highest BCUT2D eigenvalue weighted by Crippen LogP contribution is 2.20. The third kappa shape index (κ3) is 3.92. The predicted octanol–water partition coefficient (Wildman–Crippen LogP) is 0.850. The van der Waals surface area contributed by atoms with E-state index < -0.39 is 16.1 Å². The first kappa shape index (κ1) is 14.3.